The molecule has 3 rings (SSSR count). The van der Waals surface area contributed by atoms with Crippen LogP contribution in [0, 0.1) is 11.6 Å². The highest BCUT2D eigenvalue weighted by atomic mass is 35.5. The predicted molar refractivity (Wildman–Crippen MR) is 80.6 cm³/mol. The Kier molecular flexibility index (Phi) is 3.78. The van der Waals surface area contributed by atoms with Crippen molar-refractivity contribution in [2.24, 2.45) is 0 Å². The molecule has 0 radical (unpaired) electrons. The molecule has 0 aliphatic heterocycles. The van der Waals surface area contributed by atoms with Gasteiger partial charge < -0.3 is 0 Å². The Labute approximate surface area is 133 Å². The van der Waals surface area contributed by atoms with E-state index >= 15 is 0 Å². The van der Waals surface area contributed by atoms with Crippen LogP contribution in [0.2, 0.25) is 10.0 Å². The van der Waals surface area contributed by atoms with Crippen LogP contribution >= 0.6 is 34.8 Å². The maximum atomic E-state index is 14.1. The molecule has 0 fully saturated rings. The molecule has 0 N–H and O–H groups in total. The number of fused-ring (bicyclic) bond motifs is 1. The van der Waals surface area contributed by atoms with Gasteiger partial charge in [-0.2, -0.15) is 0 Å². The van der Waals surface area contributed by atoms with Crippen molar-refractivity contribution >= 4 is 45.8 Å². The molecule has 2 nitrogen and oxygen atoms in total. The van der Waals surface area contributed by atoms with E-state index in [4.69, 9.17) is 34.8 Å². The molecule has 0 aliphatic carbocycles. The van der Waals surface area contributed by atoms with Gasteiger partial charge in [-0.15, -0.1) is 11.6 Å². The fourth-order valence-corrected chi connectivity index (χ4v) is 2.61. The zero-order chi connectivity index (χ0) is 15.1. The lowest BCUT2D eigenvalue weighted by Gasteiger charge is -2.09. The zero-order valence-corrected chi connectivity index (χ0v) is 12.6. The van der Waals surface area contributed by atoms with E-state index in [1.807, 2.05) is 0 Å². The zero-order valence-electron chi connectivity index (χ0n) is 10.4. The number of hydrogen-bond donors (Lipinski definition) is 0. The summed E-state index contributed by atoms with van der Waals surface area (Å²) in [7, 11) is 0. The third-order valence-corrected chi connectivity index (χ3v) is 4.04. The number of benzene rings is 2. The second kappa shape index (κ2) is 5.44. The highest BCUT2D eigenvalue weighted by Gasteiger charge is 2.18. The summed E-state index contributed by atoms with van der Waals surface area (Å²) in [5.74, 6) is -1.52. The first-order valence-electron chi connectivity index (χ1n) is 5.89. The number of imidazole rings is 1. The van der Waals surface area contributed by atoms with Crippen molar-refractivity contribution < 1.29 is 8.78 Å². The maximum absolute atomic E-state index is 14.1. The van der Waals surface area contributed by atoms with E-state index in [1.54, 1.807) is 18.2 Å². The van der Waals surface area contributed by atoms with Gasteiger partial charge in [-0.1, -0.05) is 23.2 Å². The van der Waals surface area contributed by atoms with Gasteiger partial charge in [0.2, 0.25) is 0 Å². The van der Waals surface area contributed by atoms with Crippen LogP contribution in [0.5, 0.6) is 0 Å². The van der Waals surface area contributed by atoms with Crippen LogP contribution in [-0.4, -0.2) is 9.55 Å². The van der Waals surface area contributed by atoms with Crippen molar-refractivity contribution in [3.63, 3.8) is 0 Å². The lowest BCUT2D eigenvalue weighted by Crippen LogP contribution is -2.01. The van der Waals surface area contributed by atoms with Gasteiger partial charge in [0, 0.05) is 5.69 Å². The molecule has 0 amide bonds. The summed E-state index contributed by atoms with van der Waals surface area (Å²) in [5.41, 5.74) is 0.840. The fraction of sp³-hybridized carbons (Fsp3) is 0.0714. The van der Waals surface area contributed by atoms with E-state index in [1.165, 1.54) is 10.6 Å². The van der Waals surface area contributed by atoms with Gasteiger partial charge >= 0.3 is 0 Å². The number of nitrogens with zero attached hydrogens (tertiary/aromatic N) is 2. The molecule has 21 heavy (non-hydrogen) atoms. The molecular formula is C14H7Cl3F2N2. The van der Waals surface area contributed by atoms with Crippen molar-refractivity contribution in [2.45, 2.75) is 5.88 Å². The van der Waals surface area contributed by atoms with Gasteiger partial charge in [0.15, 0.2) is 11.6 Å². The average molecular weight is 348 g/mol. The van der Waals surface area contributed by atoms with Gasteiger partial charge in [-0.05, 0) is 30.3 Å². The molecule has 1 aromatic heterocycles. The van der Waals surface area contributed by atoms with Gasteiger partial charge in [-0.3, -0.25) is 4.57 Å². The van der Waals surface area contributed by atoms with Crippen molar-refractivity contribution in [2.75, 3.05) is 0 Å². The second-order valence-corrected chi connectivity index (χ2v) is 5.41. The molecule has 0 unspecified atom stereocenters. The SMILES string of the molecule is Fc1ccc2nc(CCl)n(-c3ccc(Cl)c(Cl)c3)c2c1F. The monoisotopic (exact) mass is 346 g/mol. The van der Waals surface area contributed by atoms with Gasteiger partial charge in [0.25, 0.3) is 0 Å². The van der Waals surface area contributed by atoms with E-state index < -0.39 is 11.6 Å². The van der Waals surface area contributed by atoms with Crippen molar-refractivity contribution in [1.82, 2.24) is 9.55 Å². The second-order valence-electron chi connectivity index (χ2n) is 4.32. The Morgan fingerprint density at radius 2 is 1.81 bits per heavy atom. The molecule has 0 atom stereocenters. The van der Waals surface area contributed by atoms with Crippen molar-refractivity contribution in [1.29, 1.82) is 0 Å². The third-order valence-electron chi connectivity index (χ3n) is 3.06. The van der Waals surface area contributed by atoms with Crippen LogP contribution in [-0.2, 0) is 5.88 Å². The Morgan fingerprint density at radius 1 is 1.05 bits per heavy atom. The summed E-state index contributed by atoms with van der Waals surface area (Å²) in [6.45, 7) is 0. The largest absolute Gasteiger partial charge is 0.292 e. The number of hydrogen-bond acceptors (Lipinski definition) is 1. The molecule has 0 spiro atoms. The Hall–Kier alpha value is -1.36. The first-order valence-corrected chi connectivity index (χ1v) is 7.18. The molecule has 1 heterocycles. The minimum Gasteiger partial charge on any atom is -0.292 e. The Balaban J connectivity index is 2.39. The number of aromatic nitrogens is 2. The van der Waals surface area contributed by atoms with Crippen LogP contribution in [0.4, 0.5) is 8.78 Å². The first kappa shape index (κ1) is 14.6. The summed E-state index contributed by atoms with van der Waals surface area (Å²) in [6.07, 6.45) is 0. The molecular weight excluding hydrogens is 341 g/mol. The topological polar surface area (TPSA) is 17.8 Å². The van der Waals surface area contributed by atoms with E-state index in [-0.39, 0.29) is 11.4 Å². The first-order chi connectivity index (χ1) is 10.0. The minimum atomic E-state index is -0.984. The highest BCUT2D eigenvalue weighted by Crippen LogP contribution is 2.30. The van der Waals surface area contributed by atoms with Crippen LogP contribution < -0.4 is 0 Å². The summed E-state index contributed by atoms with van der Waals surface area (Å²) in [6, 6.07) is 7.18. The summed E-state index contributed by atoms with van der Waals surface area (Å²) in [5, 5.41) is 0.664. The number of halogens is 5. The van der Waals surface area contributed by atoms with E-state index in [0.717, 1.165) is 6.07 Å². The van der Waals surface area contributed by atoms with Crippen molar-refractivity contribution in [3.05, 3.63) is 57.8 Å². The number of alkyl halides is 1. The van der Waals surface area contributed by atoms with E-state index in [2.05, 4.69) is 4.98 Å². The van der Waals surface area contributed by atoms with Crippen LogP contribution in [0.15, 0.2) is 30.3 Å². The quantitative estimate of drug-likeness (QED) is 0.571. The third kappa shape index (κ3) is 2.37. The molecule has 108 valence electrons. The summed E-state index contributed by atoms with van der Waals surface area (Å²) >= 11 is 17.7. The van der Waals surface area contributed by atoms with Crippen LogP contribution in [0.25, 0.3) is 16.7 Å². The minimum absolute atomic E-state index is 0.0176. The average Bonchev–Trinajstić information content (AvgIpc) is 2.85. The Morgan fingerprint density at radius 3 is 2.48 bits per heavy atom. The van der Waals surface area contributed by atoms with Crippen LogP contribution in [0.1, 0.15) is 5.82 Å². The summed E-state index contributed by atoms with van der Waals surface area (Å²) < 4.78 is 29.1. The lowest BCUT2D eigenvalue weighted by atomic mass is 10.2. The normalized spacial score (nSPS) is 11.3. The highest BCUT2D eigenvalue weighted by molar-refractivity contribution is 6.42. The van der Waals surface area contributed by atoms with Gasteiger partial charge in [-0.25, -0.2) is 13.8 Å². The molecule has 0 saturated heterocycles. The van der Waals surface area contributed by atoms with Gasteiger partial charge in [0.1, 0.15) is 11.3 Å². The smallest absolute Gasteiger partial charge is 0.185 e. The number of rotatable bonds is 2. The molecule has 0 aliphatic rings. The predicted octanol–water partition coefficient (Wildman–Crippen LogP) is 5.35. The Bertz CT molecular complexity index is 846. The van der Waals surface area contributed by atoms with Gasteiger partial charge in [0.05, 0.1) is 21.4 Å². The fourth-order valence-electron chi connectivity index (χ4n) is 2.14. The standard InChI is InChI=1S/C14H7Cl3F2N2/c15-6-12-20-11-4-3-10(18)13(19)14(11)21(12)7-1-2-8(16)9(17)5-7/h1-5H,6H2. The van der Waals surface area contributed by atoms with E-state index in [9.17, 15) is 8.78 Å². The van der Waals surface area contributed by atoms with Crippen molar-refractivity contribution in [3.8, 4) is 5.69 Å². The molecule has 0 saturated carbocycles. The molecule has 0 bridgehead atoms. The van der Waals surface area contributed by atoms with Crippen LogP contribution in [0.3, 0.4) is 0 Å². The molecule has 7 heteroatoms. The molecule has 2 aromatic carbocycles. The molecule has 3 aromatic rings. The van der Waals surface area contributed by atoms with E-state index in [0.29, 0.717) is 27.1 Å². The lowest BCUT2D eigenvalue weighted by molar-refractivity contribution is 0.514. The maximum Gasteiger partial charge on any atom is 0.185 e. The summed E-state index contributed by atoms with van der Waals surface area (Å²) in [4.78, 5) is 4.21.